The molecule has 8 nitrogen and oxygen atoms in total. The fraction of sp³-hybridized carbons (Fsp3) is 0.227. The lowest BCUT2D eigenvalue weighted by Gasteiger charge is -2.26. The number of rotatable bonds is 7. The molecule has 8 heteroatoms. The molecule has 2 aromatic heterocycles. The van der Waals surface area contributed by atoms with Crippen LogP contribution >= 0.6 is 0 Å². The van der Waals surface area contributed by atoms with E-state index in [4.69, 9.17) is 0 Å². The van der Waals surface area contributed by atoms with E-state index >= 15 is 0 Å². The summed E-state index contributed by atoms with van der Waals surface area (Å²) >= 11 is 0. The van der Waals surface area contributed by atoms with Gasteiger partial charge in [0.1, 0.15) is 5.69 Å². The number of amides is 2. The molecular formula is C22H21N5O3. The molecule has 1 aliphatic heterocycles. The number of fused-ring (bicyclic) bond motifs is 1. The van der Waals surface area contributed by atoms with Gasteiger partial charge in [0.05, 0.1) is 13.1 Å². The third-order valence-electron chi connectivity index (χ3n) is 4.92. The van der Waals surface area contributed by atoms with Gasteiger partial charge in [-0.05, 0) is 12.1 Å². The van der Waals surface area contributed by atoms with E-state index in [9.17, 15) is 14.4 Å². The summed E-state index contributed by atoms with van der Waals surface area (Å²) in [5.41, 5.74) is 1.96. The van der Waals surface area contributed by atoms with Crippen LogP contribution in [0.5, 0.6) is 0 Å². The van der Waals surface area contributed by atoms with Gasteiger partial charge >= 0.3 is 0 Å². The van der Waals surface area contributed by atoms with Gasteiger partial charge in [0.2, 0.25) is 0 Å². The van der Waals surface area contributed by atoms with Gasteiger partial charge in [-0.1, -0.05) is 36.4 Å². The number of aromatic nitrogens is 3. The minimum Gasteiger partial charge on any atom is -0.350 e. The molecule has 1 aliphatic rings. The van der Waals surface area contributed by atoms with Crippen molar-refractivity contribution in [3.8, 4) is 0 Å². The summed E-state index contributed by atoms with van der Waals surface area (Å²) in [6, 6.07) is 16.0. The Balaban J connectivity index is 1.37. The lowest BCUT2D eigenvalue weighted by molar-refractivity contribution is 0.0658. The summed E-state index contributed by atoms with van der Waals surface area (Å²) in [5, 5.41) is 7.06. The molecule has 3 aromatic rings. The number of hydrogen-bond donors (Lipinski definition) is 1. The zero-order chi connectivity index (χ0) is 20.9. The van der Waals surface area contributed by atoms with E-state index in [1.54, 1.807) is 30.5 Å². The highest BCUT2D eigenvalue weighted by atomic mass is 16.2. The molecular weight excluding hydrogens is 382 g/mol. The first-order chi connectivity index (χ1) is 14.6. The molecule has 4 rings (SSSR count). The number of ketones is 1. The van der Waals surface area contributed by atoms with Crippen LogP contribution in [0.4, 0.5) is 0 Å². The fourth-order valence-corrected chi connectivity index (χ4v) is 3.33. The standard InChI is InChI=1S/C22H21N5O3/c28-20(16-6-2-1-3-7-16)15-26-12-13-27-19(22(26)30)14-18(25-27)21(29)24-11-9-17-8-4-5-10-23-17/h1-8,10,14H,9,11-13,15H2,(H,24,29). The summed E-state index contributed by atoms with van der Waals surface area (Å²) in [7, 11) is 0. The van der Waals surface area contributed by atoms with Gasteiger partial charge in [-0.25, -0.2) is 0 Å². The van der Waals surface area contributed by atoms with Crippen LogP contribution in [0.25, 0.3) is 0 Å². The van der Waals surface area contributed by atoms with Crippen LogP contribution < -0.4 is 5.32 Å². The second kappa shape index (κ2) is 8.69. The van der Waals surface area contributed by atoms with E-state index in [0.29, 0.717) is 37.3 Å². The van der Waals surface area contributed by atoms with Crippen LogP contribution in [-0.2, 0) is 13.0 Å². The Labute approximate surface area is 173 Å². The number of Topliss-reactive ketones (excluding diaryl/α,β-unsaturated/α-hetero) is 1. The maximum absolute atomic E-state index is 12.8. The van der Waals surface area contributed by atoms with Crippen LogP contribution in [0.2, 0.25) is 0 Å². The fourth-order valence-electron chi connectivity index (χ4n) is 3.33. The summed E-state index contributed by atoms with van der Waals surface area (Å²) in [6.45, 7) is 1.22. The first kappa shape index (κ1) is 19.5. The maximum atomic E-state index is 12.8. The molecule has 0 saturated heterocycles. The quantitative estimate of drug-likeness (QED) is 0.604. The van der Waals surface area contributed by atoms with Gasteiger partial charge in [0.15, 0.2) is 11.5 Å². The molecule has 0 spiro atoms. The topological polar surface area (TPSA) is 97.2 Å². The summed E-state index contributed by atoms with van der Waals surface area (Å²) in [4.78, 5) is 43.4. The van der Waals surface area contributed by atoms with Crippen molar-refractivity contribution in [1.29, 1.82) is 0 Å². The number of nitrogens with one attached hydrogen (secondary N) is 1. The molecule has 0 radical (unpaired) electrons. The summed E-state index contributed by atoms with van der Waals surface area (Å²) in [5.74, 6) is -0.762. The van der Waals surface area contributed by atoms with Crippen molar-refractivity contribution in [2.75, 3.05) is 19.6 Å². The summed E-state index contributed by atoms with van der Waals surface area (Å²) in [6.07, 6.45) is 2.31. The molecule has 30 heavy (non-hydrogen) atoms. The maximum Gasteiger partial charge on any atom is 0.272 e. The highest BCUT2D eigenvalue weighted by Crippen LogP contribution is 2.15. The van der Waals surface area contributed by atoms with Crippen molar-refractivity contribution in [3.63, 3.8) is 0 Å². The van der Waals surface area contributed by atoms with Gasteiger partial charge in [-0.2, -0.15) is 5.10 Å². The Kier molecular flexibility index (Phi) is 5.65. The average molecular weight is 403 g/mol. The van der Waals surface area contributed by atoms with E-state index < -0.39 is 0 Å². The molecule has 2 amide bonds. The molecule has 152 valence electrons. The summed E-state index contributed by atoms with van der Waals surface area (Å²) < 4.78 is 1.53. The number of pyridine rings is 1. The molecule has 0 unspecified atom stereocenters. The van der Waals surface area contributed by atoms with E-state index in [-0.39, 0.29) is 29.8 Å². The lowest BCUT2D eigenvalue weighted by Crippen LogP contribution is -2.43. The Morgan fingerprint density at radius 1 is 1.03 bits per heavy atom. The molecule has 1 N–H and O–H groups in total. The first-order valence-corrected chi connectivity index (χ1v) is 9.75. The van der Waals surface area contributed by atoms with Gasteiger partial charge in [-0.3, -0.25) is 24.0 Å². The SMILES string of the molecule is O=C(CN1CCn2nc(C(=O)NCCc3ccccn3)cc2C1=O)c1ccccc1. The molecule has 0 saturated carbocycles. The van der Waals surface area contributed by atoms with Crippen LogP contribution in [0.3, 0.4) is 0 Å². The third kappa shape index (κ3) is 4.27. The van der Waals surface area contributed by atoms with E-state index in [1.165, 1.54) is 15.6 Å². The minimum atomic E-state index is -0.340. The largest absolute Gasteiger partial charge is 0.350 e. The molecule has 0 bridgehead atoms. The van der Waals surface area contributed by atoms with Gasteiger partial charge in [-0.15, -0.1) is 0 Å². The number of carbonyl (C=O) groups is 3. The zero-order valence-electron chi connectivity index (χ0n) is 16.3. The lowest BCUT2D eigenvalue weighted by atomic mass is 10.1. The van der Waals surface area contributed by atoms with Crippen LogP contribution in [-0.4, -0.2) is 56.9 Å². The van der Waals surface area contributed by atoms with Gasteiger partial charge in [0.25, 0.3) is 11.8 Å². The predicted molar refractivity (Wildman–Crippen MR) is 109 cm³/mol. The Hall–Kier alpha value is -3.81. The second-order valence-electron chi connectivity index (χ2n) is 6.98. The highest BCUT2D eigenvalue weighted by molar-refractivity contribution is 6.03. The van der Waals surface area contributed by atoms with Crippen LogP contribution in [0, 0.1) is 0 Å². The number of carbonyl (C=O) groups excluding carboxylic acids is 3. The third-order valence-corrected chi connectivity index (χ3v) is 4.92. The van der Waals surface area contributed by atoms with Gasteiger partial charge in [0, 0.05) is 43.0 Å². The molecule has 1 aromatic carbocycles. The average Bonchev–Trinajstić information content (AvgIpc) is 3.22. The molecule has 3 heterocycles. The van der Waals surface area contributed by atoms with Crippen LogP contribution in [0.15, 0.2) is 60.8 Å². The molecule has 0 aliphatic carbocycles. The number of hydrogen-bond acceptors (Lipinski definition) is 5. The number of benzene rings is 1. The van der Waals surface area contributed by atoms with Crippen molar-refractivity contribution in [2.45, 2.75) is 13.0 Å². The minimum absolute atomic E-state index is 0.000365. The normalized spacial score (nSPS) is 13.1. The van der Waals surface area contributed by atoms with Crippen LogP contribution in [0.1, 0.15) is 37.0 Å². The highest BCUT2D eigenvalue weighted by Gasteiger charge is 2.29. The van der Waals surface area contributed by atoms with Crippen molar-refractivity contribution in [2.24, 2.45) is 0 Å². The Morgan fingerprint density at radius 2 is 1.83 bits per heavy atom. The van der Waals surface area contributed by atoms with Crippen molar-refractivity contribution in [3.05, 3.63) is 83.4 Å². The second-order valence-corrected chi connectivity index (χ2v) is 6.98. The van der Waals surface area contributed by atoms with Crippen molar-refractivity contribution in [1.82, 2.24) is 25.0 Å². The predicted octanol–water partition coefficient (Wildman–Crippen LogP) is 1.59. The van der Waals surface area contributed by atoms with Crippen molar-refractivity contribution >= 4 is 17.6 Å². The van der Waals surface area contributed by atoms with E-state index in [0.717, 1.165) is 5.69 Å². The van der Waals surface area contributed by atoms with E-state index in [2.05, 4.69) is 15.4 Å². The Bertz CT molecular complexity index is 1060. The molecule has 0 fully saturated rings. The van der Waals surface area contributed by atoms with E-state index in [1.807, 2.05) is 24.3 Å². The van der Waals surface area contributed by atoms with Gasteiger partial charge < -0.3 is 10.2 Å². The van der Waals surface area contributed by atoms with Crippen molar-refractivity contribution < 1.29 is 14.4 Å². The first-order valence-electron chi connectivity index (χ1n) is 9.75. The smallest absolute Gasteiger partial charge is 0.272 e. The number of nitrogens with zero attached hydrogens (tertiary/aromatic N) is 4. The Morgan fingerprint density at radius 3 is 2.60 bits per heavy atom. The monoisotopic (exact) mass is 403 g/mol. The molecule has 0 atom stereocenters. The zero-order valence-corrected chi connectivity index (χ0v) is 16.3.